The maximum atomic E-state index is 6.26. The van der Waals surface area contributed by atoms with E-state index < -0.39 is 0 Å². The minimum Gasteiger partial charge on any atom is -0.383 e. The van der Waals surface area contributed by atoms with E-state index in [0.29, 0.717) is 22.6 Å². The number of nitrogens with two attached hydrogens (primary N) is 1. The van der Waals surface area contributed by atoms with Crippen molar-refractivity contribution >= 4 is 55.9 Å². The smallest absolute Gasteiger partial charge is 0.163 e. The number of hydrogen-bond donors (Lipinski definition) is 1. The lowest BCUT2D eigenvalue weighted by Crippen LogP contribution is -2.07. The Morgan fingerprint density at radius 1 is 1.35 bits per heavy atom. The van der Waals surface area contributed by atoms with Gasteiger partial charge in [-0.1, -0.05) is 41.4 Å². The fraction of sp³-hybridized carbons (Fsp3) is 0.286. The Kier molecular flexibility index (Phi) is 5.25. The quantitative estimate of drug-likeness (QED) is 0.652. The molecule has 0 saturated carbocycles. The van der Waals surface area contributed by atoms with Gasteiger partial charge in [-0.3, -0.25) is 0 Å². The van der Waals surface area contributed by atoms with E-state index in [2.05, 4.69) is 62.3 Å². The van der Waals surface area contributed by atoms with Gasteiger partial charge in [-0.2, -0.15) is 0 Å². The van der Waals surface area contributed by atoms with Crippen LogP contribution in [-0.2, 0) is 6.42 Å². The molecular formula is C14H14BrClIN3. The lowest BCUT2D eigenvalue weighted by atomic mass is 10.1. The molecule has 3 nitrogen and oxygen atoms in total. The van der Waals surface area contributed by atoms with Crippen molar-refractivity contribution < 1.29 is 0 Å². The van der Waals surface area contributed by atoms with Crippen LogP contribution in [0.25, 0.3) is 11.4 Å². The summed E-state index contributed by atoms with van der Waals surface area (Å²) in [7, 11) is 0. The Labute approximate surface area is 145 Å². The van der Waals surface area contributed by atoms with Gasteiger partial charge in [0.25, 0.3) is 0 Å². The van der Waals surface area contributed by atoms with Crippen molar-refractivity contribution in [2.75, 3.05) is 5.73 Å². The zero-order valence-corrected chi connectivity index (χ0v) is 15.6. The van der Waals surface area contributed by atoms with E-state index >= 15 is 0 Å². The molecule has 1 aromatic carbocycles. The highest BCUT2D eigenvalue weighted by Crippen LogP contribution is 2.30. The molecule has 0 saturated heterocycles. The van der Waals surface area contributed by atoms with Crippen molar-refractivity contribution in [3.63, 3.8) is 0 Å². The summed E-state index contributed by atoms with van der Waals surface area (Å²) in [6.45, 7) is 4.31. The molecule has 2 rings (SSSR count). The summed E-state index contributed by atoms with van der Waals surface area (Å²) in [5.74, 6) is 1.59. The molecule has 0 amide bonds. The molecule has 2 N–H and O–H groups in total. The fourth-order valence-electron chi connectivity index (χ4n) is 1.83. The summed E-state index contributed by atoms with van der Waals surface area (Å²) < 4.78 is 1.85. The van der Waals surface area contributed by atoms with Gasteiger partial charge in [0.15, 0.2) is 5.82 Å². The Morgan fingerprint density at radius 2 is 2.05 bits per heavy atom. The first-order chi connectivity index (χ1) is 9.38. The monoisotopic (exact) mass is 465 g/mol. The number of rotatable bonds is 3. The molecule has 2 aromatic rings. The Hall–Kier alpha value is -0.400. The van der Waals surface area contributed by atoms with E-state index in [4.69, 9.17) is 17.3 Å². The molecule has 0 unspecified atom stereocenters. The Bertz CT molecular complexity index is 647. The van der Waals surface area contributed by atoms with Crippen molar-refractivity contribution in [1.29, 1.82) is 0 Å². The van der Waals surface area contributed by atoms with Crippen LogP contribution in [0.15, 0.2) is 22.7 Å². The lowest BCUT2D eigenvalue weighted by Gasteiger charge is -2.11. The number of halogens is 3. The van der Waals surface area contributed by atoms with Gasteiger partial charge in [0.2, 0.25) is 0 Å². The molecule has 0 bridgehead atoms. The highest BCUT2D eigenvalue weighted by Gasteiger charge is 2.14. The van der Waals surface area contributed by atoms with Crippen molar-refractivity contribution in [3.05, 3.63) is 37.0 Å². The predicted octanol–water partition coefficient (Wildman–Crippen LogP) is 4.94. The molecule has 0 aliphatic heterocycles. The van der Waals surface area contributed by atoms with Crippen LogP contribution in [-0.4, -0.2) is 9.97 Å². The Morgan fingerprint density at radius 3 is 2.65 bits per heavy atom. The van der Waals surface area contributed by atoms with Gasteiger partial charge in [0.05, 0.1) is 14.3 Å². The third-order valence-electron chi connectivity index (χ3n) is 2.72. The first-order valence-corrected chi connectivity index (χ1v) is 8.40. The van der Waals surface area contributed by atoms with Crippen molar-refractivity contribution in [1.82, 2.24) is 9.97 Å². The van der Waals surface area contributed by atoms with Crippen molar-refractivity contribution in [2.45, 2.75) is 20.3 Å². The van der Waals surface area contributed by atoms with Crippen LogP contribution in [0.5, 0.6) is 0 Å². The van der Waals surface area contributed by atoms with E-state index in [9.17, 15) is 0 Å². The SMILES string of the molecule is CC(C)Cc1nc(-c2ccc(Br)cc2Cl)nc(N)c1I. The van der Waals surface area contributed by atoms with Crippen LogP contribution in [0.4, 0.5) is 5.82 Å². The van der Waals surface area contributed by atoms with Crippen LogP contribution in [0.2, 0.25) is 5.02 Å². The number of nitrogens with zero attached hydrogens (tertiary/aromatic N) is 2. The second-order valence-electron chi connectivity index (χ2n) is 4.92. The largest absolute Gasteiger partial charge is 0.383 e. The highest BCUT2D eigenvalue weighted by atomic mass is 127. The Balaban J connectivity index is 2.54. The van der Waals surface area contributed by atoms with Crippen molar-refractivity contribution in [2.24, 2.45) is 5.92 Å². The second-order valence-corrected chi connectivity index (χ2v) is 7.32. The van der Waals surface area contributed by atoms with E-state index in [1.165, 1.54) is 0 Å². The predicted molar refractivity (Wildman–Crippen MR) is 95.8 cm³/mol. The van der Waals surface area contributed by atoms with E-state index in [1.54, 1.807) is 0 Å². The van der Waals surface area contributed by atoms with Crippen molar-refractivity contribution in [3.8, 4) is 11.4 Å². The standard InChI is InChI=1S/C14H14BrClIN3/c1-7(2)5-11-12(17)13(18)20-14(19-11)9-4-3-8(15)6-10(9)16/h3-4,6-7H,5H2,1-2H3,(H2,18,19,20). The third-order valence-corrected chi connectivity index (χ3v) is 4.70. The first kappa shape index (κ1) is 16.0. The van der Waals surface area contributed by atoms with Gasteiger partial charge < -0.3 is 5.73 Å². The number of anilines is 1. The molecule has 0 aliphatic rings. The molecule has 0 atom stereocenters. The van der Waals surface area contributed by atoms with Gasteiger partial charge in [-0.05, 0) is 53.1 Å². The number of nitrogen functional groups attached to an aromatic ring is 1. The first-order valence-electron chi connectivity index (χ1n) is 6.15. The van der Waals surface area contributed by atoms with E-state index in [0.717, 1.165) is 25.7 Å². The summed E-state index contributed by atoms with van der Waals surface area (Å²) in [4.78, 5) is 9.00. The van der Waals surface area contributed by atoms with Gasteiger partial charge >= 0.3 is 0 Å². The minimum atomic E-state index is 0.505. The summed E-state index contributed by atoms with van der Waals surface area (Å²) in [6, 6.07) is 5.64. The van der Waals surface area contributed by atoms with Crippen LogP contribution in [0, 0.1) is 9.49 Å². The summed E-state index contributed by atoms with van der Waals surface area (Å²) in [5, 5.41) is 0.607. The van der Waals surface area contributed by atoms with E-state index in [-0.39, 0.29) is 0 Å². The van der Waals surface area contributed by atoms with Crippen LogP contribution in [0.3, 0.4) is 0 Å². The molecule has 0 fully saturated rings. The number of aromatic nitrogens is 2. The zero-order valence-electron chi connectivity index (χ0n) is 11.1. The molecule has 6 heteroatoms. The van der Waals surface area contributed by atoms with Crippen LogP contribution < -0.4 is 5.73 Å². The fourth-order valence-corrected chi connectivity index (χ4v) is 3.05. The van der Waals surface area contributed by atoms with Crippen LogP contribution in [0.1, 0.15) is 19.5 Å². The maximum Gasteiger partial charge on any atom is 0.163 e. The third kappa shape index (κ3) is 3.62. The zero-order chi connectivity index (χ0) is 14.9. The minimum absolute atomic E-state index is 0.505. The molecule has 0 radical (unpaired) electrons. The molecule has 0 spiro atoms. The topological polar surface area (TPSA) is 51.8 Å². The average Bonchev–Trinajstić information content (AvgIpc) is 2.34. The van der Waals surface area contributed by atoms with Gasteiger partial charge in [-0.25, -0.2) is 9.97 Å². The molecule has 1 aromatic heterocycles. The normalized spacial score (nSPS) is 11.1. The van der Waals surface area contributed by atoms with Gasteiger partial charge in [-0.15, -0.1) is 0 Å². The summed E-state index contributed by atoms with van der Waals surface area (Å²) in [6.07, 6.45) is 0.867. The van der Waals surface area contributed by atoms with Gasteiger partial charge in [0.1, 0.15) is 5.82 Å². The lowest BCUT2D eigenvalue weighted by molar-refractivity contribution is 0.632. The van der Waals surface area contributed by atoms with E-state index in [1.807, 2.05) is 18.2 Å². The molecule has 20 heavy (non-hydrogen) atoms. The molecule has 1 heterocycles. The summed E-state index contributed by atoms with van der Waals surface area (Å²) in [5.41, 5.74) is 7.77. The van der Waals surface area contributed by atoms with Crippen LogP contribution >= 0.6 is 50.1 Å². The molecule has 106 valence electrons. The molecule has 0 aliphatic carbocycles. The number of hydrogen-bond acceptors (Lipinski definition) is 3. The van der Waals surface area contributed by atoms with Gasteiger partial charge in [0, 0.05) is 10.0 Å². The summed E-state index contributed by atoms with van der Waals surface area (Å²) >= 11 is 11.9. The highest BCUT2D eigenvalue weighted by molar-refractivity contribution is 14.1. The number of benzene rings is 1. The molecular weight excluding hydrogens is 452 g/mol. The average molecular weight is 467 g/mol. The maximum absolute atomic E-state index is 6.26. The second kappa shape index (κ2) is 6.58.